The molecule has 0 radical (unpaired) electrons. The van der Waals surface area contributed by atoms with E-state index in [4.69, 9.17) is 0 Å². The minimum atomic E-state index is 0.0272. The normalized spacial score (nSPS) is 18.4. The number of carbonyl (C=O) groups excluding carboxylic acids is 2. The number of amides is 2. The minimum Gasteiger partial charge on any atom is -0.339 e. The Morgan fingerprint density at radius 3 is 2.49 bits per heavy atom. The summed E-state index contributed by atoms with van der Waals surface area (Å²) in [4.78, 5) is 33.7. The van der Waals surface area contributed by atoms with Crippen molar-refractivity contribution in [3.8, 4) is 0 Å². The van der Waals surface area contributed by atoms with E-state index in [1.807, 2.05) is 45.4 Å². The molecule has 1 unspecified atom stereocenters. The van der Waals surface area contributed by atoms with E-state index in [9.17, 15) is 9.59 Å². The van der Waals surface area contributed by atoms with Gasteiger partial charge in [-0.15, -0.1) is 11.3 Å². The number of halogens is 1. The van der Waals surface area contributed by atoms with Crippen LogP contribution in [0.4, 0.5) is 0 Å². The first-order valence-corrected chi connectivity index (χ1v) is 13.9. The highest BCUT2D eigenvalue weighted by Crippen LogP contribution is 2.38. The summed E-state index contributed by atoms with van der Waals surface area (Å²) in [6.07, 6.45) is 1.54. The van der Waals surface area contributed by atoms with Gasteiger partial charge in [0.25, 0.3) is 5.91 Å². The van der Waals surface area contributed by atoms with E-state index < -0.39 is 0 Å². The molecular formula is C28H30BrN3O2S. The topological polar surface area (TPSA) is 43.9 Å². The number of benzene rings is 2. The molecule has 1 aromatic heterocycles. The van der Waals surface area contributed by atoms with E-state index in [-0.39, 0.29) is 17.9 Å². The predicted molar refractivity (Wildman–Crippen MR) is 144 cm³/mol. The molecule has 3 aromatic rings. The number of nitrogens with zero attached hydrogens (tertiary/aromatic N) is 3. The second-order valence-corrected chi connectivity index (χ2v) is 11.2. The summed E-state index contributed by atoms with van der Waals surface area (Å²) < 4.78 is 0.897. The maximum atomic E-state index is 13.1. The van der Waals surface area contributed by atoms with Gasteiger partial charge in [0, 0.05) is 60.6 Å². The van der Waals surface area contributed by atoms with Crippen LogP contribution in [0, 0.1) is 6.92 Å². The van der Waals surface area contributed by atoms with Crippen molar-refractivity contribution in [2.75, 3.05) is 39.3 Å². The maximum absolute atomic E-state index is 13.1. The molecular weight excluding hydrogens is 522 g/mol. The predicted octanol–water partition coefficient (Wildman–Crippen LogP) is 5.14. The van der Waals surface area contributed by atoms with Crippen LogP contribution in [-0.2, 0) is 11.2 Å². The van der Waals surface area contributed by atoms with Crippen LogP contribution in [0.5, 0.6) is 0 Å². The molecule has 1 atom stereocenters. The van der Waals surface area contributed by atoms with Crippen LogP contribution in [0.2, 0.25) is 0 Å². The Bertz CT molecular complexity index is 1220. The van der Waals surface area contributed by atoms with Crippen LogP contribution in [-0.4, -0.2) is 65.8 Å². The van der Waals surface area contributed by atoms with Gasteiger partial charge in [-0.25, -0.2) is 0 Å². The molecule has 0 aliphatic carbocycles. The smallest absolute Gasteiger partial charge is 0.254 e. The highest BCUT2D eigenvalue weighted by molar-refractivity contribution is 9.10. The zero-order valence-corrected chi connectivity index (χ0v) is 22.4. The Morgan fingerprint density at radius 1 is 0.943 bits per heavy atom. The summed E-state index contributed by atoms with van der Waals surface area (Å²) in [6.45, 7) is 6.21. The third-order valence-electron chi connectivity index (χ3n) is 7.15. The fraction of sp³-hybridized carbons (Fsp3) is 0.357. The lowest BCUT2D eigenvalue weighted by Crippen LogP contribution is -2.51. The summed E-state index contributed by atoms with van der Waals surface area (Å²) >= 11 is 5.28. The van der Waals surface area contributed by atoms with Crippen LogP contribution in [0.15, 0.2) is 64.5 Å². The molecule has 2 aliphatic rings. The molecule has 3 heterocycles. The van der Waals surface area contributed by atoms with E-state index in [2.05, 4.69) is 63.5 Å². The largest absolute Gasteiger partial charge is 0.339 e. The van der Waals surface area contributed by atoms with Crippen molar-refractivity contribution in [3.05, 3.63) is 91.6 Å². The minimum absolute atomic E-state index is 0.0272. The molecule has 5 nitrogen and oxygen atoms in total. The lowest BCUT2D eigenvalue weighted by Gasteiger charge is -2.38. The van der Waals surface area contributed by atoms with Crippen molar-refractivity contribution >= 4 is 39.1 Å². The fourth-order valence-corrected chi connectivity index (χ4v) is 6.53. The van der Waals surface area contributed by atoms with E-state index in [0.717, 1.165) is 24.0 Å². The summed E-state index contributed by atoms with van der Waals surface area (Å²) in [5.74, 6) is 0.207. The Hall–Kier alpha value is -2.48. The van der Waals surface area contributed by atoms with E-state index in [0.29, 0.717) is 38.2 Å². The second kappa shape index (κ2) is 10.6. The molecule has 1 saturated heterocycles. The number of hydrogen-bond acceptors (Lipinski definition) is 4. The molecule has 2 aromatic carbocycles. The van der Waals surface area contributed by atoms with Crippen molar-refractivity contribution in [2.24, 2.45) is 0 Å². The quantitative estimate of drug-likeness (QED) is 0.441. The number of thiophene rings is 1. The first-order valence-electron chi connectivity index (χ1n) is 12.2. The van der Waals surface area contributed by atoms with E-state index >= 15 is 0 Å². The van der Waals surface area contributed by atoms with Gasteiger partial charge in [-0.05, 0) is 59.7 Å². The zero-order valence-electron chi connectivity index (χ0n) is 20.0. The monoisotopic (exact) mass is 551 g/mol. The number of piperazine rings is 1. The molecule has 1 fully saturated rings. The van der Waals surface area contributed by atoms with E-state index in [1.54, 1.807) is 0 Å². The van der Waals surface area contributed by atoms with Crippen molar-refractivity contribution in [1.82, 2.24) is 14.7 Å². The van der Waals surface area contributed by atoms with Gasteiger partial charge in [0.05, 0.1) is 6.04 Å². The van der Waals surface area contributed by atoms with Crippen LogP contribution in [0.1, 0.15) is 44.4 Å². The highest BCUT2D eigenvalue weighted by atomic mass is 79.9. The van der Waals surface area contributed by atoms with Crippen LogP contribution in [0.3, 0.4) is 0 Å². The van der Waals surface area contributed by atoms with Crippen LogP contribution in [0.25, 0.3) is 0 Å². The van der Waals surface area contributed by atoms with Gasteiger partial charge in [0.2, 0.25) is 5.91 Å². The van der Waals surface area contributed by atoms with Gasteiger partial charge in [-0.2, -0.15) is 0 Å². The summed E-state index contributed by atoms with van der Waals surface area (Å²) in [7, 11) is 0. The standard InChI is InChI=1S/C28H30BrN3O2S/c1-20-5-2-3-8-23(20)27-24-11-18-35-25(24)9-12-31(27)13-10-26(33)30-14-16-32(17-15-30)28(34)21-6-4-7-22(29)19-21/h2-8,11,18-19,27H,9-10,12-17H2,1H3. The van der Waals surface area contributed by atoms with Gasteiger partial charge in [-0.3, -0.25) is 14.5 Å². The van der Waals surface area contributed by atoms with Crippen molar-refractivity contribution in [2.45, 2.75) is 25.8 Å². The van der Waals surface area contributed by atoms with Gasteiger partial charge in [0.15, 0.2) is 0 Å². The third kappa shape index (κ3) is 5.22. The number of hydrogen-bond donors (Lipinski definition) is 0. The lowest BCUT2D eigenvalue weighted by atomic mass is 9.90. The molecule has 0 saturated carbocycles. The molecule has 35 heavy (non-hydrogen) atoms. The molecule has 5 rings (SSSR count). The molecule has 0 N–H and O–H groups in total. The van der Waals surface area contributed by atoms with Crippen LogP contribution < -0.4 is 0 Å². The molecule has 2 amide bonds. The fourth-order valence-electron chi connectivity index (χ4n) is 5.23. The number of carbonyl (C=O) groups is 2. The number of aryl methyl sites for hydroxylation is 1. The second-order valence-electron chi connectivity index (χ2n) is 9.28. The number of rotatable bonds is 5. The highest BCUT2D eigenvalue weighted by Gasteiger charge is 2.31. The Labute approximate surface area is 219 Å². The first kappa shape index (κ1) is 24.2. The Balaban J connectivity index is 1.20. The molecule has 2 aliphatic heterocycles. The molecule has 182 valence electrons. The lowest BCUT2D eigenvalue weighted by molar-refractivity contribution is -0.133. The molecule has 0 bridgehead atoms. The number of fused-ring (bicyclic) bond motifs is 1. The summed E-state index contributed by atoms with van der Waals surface area (Å²) in [6, 6.07) is 18.5. The maximum Gasteiger partial charge on any atom is 0.254 e. The average molecular weight is 553 g/mol. The van der Waals surface area contributed by atoms with Gasteiger partial charge >= 0.3 is 0 Å². The Morgan fingerprint density at radius 2 is 1.71 bits per heavy atom. The summed E-state index contributed by atoms with van der Waals surface area (Å²) in [5, 5.41) is 2.19. The average Bonchev–Trinajstić information content (AvgIpc) is 3.36. The zero-order chi connectivity index (χ0) is 24.4. The summed E-state index contributed by atoms with van der Waals surface area (Å²) in [5.41, 5.74) is 4.69. The van der Waals surface area contributed by atoms with Crippen molar-refractivity contribution < 1.29 is 9.59 Å². The van der Waals surface area contributed by atoms with Gasteiger partial charge in [0.1, 0.15) is 0 Å². The third-order valence-corrected chi connectivity index (χ3v) is 8.64. The van der Waals surface area contributed by atoms with Crippen molar-refractivity contribution in [1.29, 1.82) is 0 Å². The van der Waals surface area contributed by atoms with Crippen LogP contribution >= 0.6 is 27.3 Å². The van der Waals surface area contributed by atoms with E-state index in [1.165, 1.54) is 21.6 Å². The molecule has 7 heteroatoms. The van der Waals surface area contributed by atoms with Crippen molar-refractivity contribution in [3.63, 3.8) is 0 Å². The Kier molecular flexibility index (Phi) is 7.37. The SMILES string of the molecule is Cc1ccccc1C1c2ccsc2CCN1CCC(=O)N1CCN(C(=O)c2cccc(Br)c2)CC1. The molecule has 0 spiro atoms. The van der Waals surface area contributed by atoms with Gasteiger partial charge in [-0.1, -0.05) is 46.3 Å². The van der Waals surface area contributed by atoms with Gasteiger partial charge < -0.3 is 9.80 Å². The first-order chi connectivity index (χ1) is 17.0.